The lowest BCUT2D eigenvalue weighted by Gasteiger charge is -2.59. The molecule has 136 valence electrons. The van der Waals surface area contributed by atoms with Gasteiger partial charge in [0.25, 0.3) is 0 Å². The van der Waals surface area contributed by atoms with Gasteiger partial charge in [-0.15, -0.1) is 11.6 Å². The van der Waals surface area contributed by atoms with Gasteiger partial charge >= 0.3 is 0 Å². The van der Waals surface area contributed by atoms with E-state index in [9.17, 15) is 4.79 Å². The summed E-state index contributed by atoms with van der Waals surface area (Å²) in [4.78, 5) is 15.2. The van der Waals surface area contributed by atoms with Gasteiger partial charge in [0.2, 0.25) is 5.91 Å². The molecule has 2 atom stereocenters. The first-order valence-electron chi connectivity index (χ1n) is 9.09. The minimum absolute atomic E-state index is 0.131. The molecule has 1 aromatic rings. The first-order valence-corrected chi connectivity index (χ1v) is 10.3. The summed E-state index contributed by atoms with van der Waals surface area (Å²) in [7, 11) is 3.59. The minimum atomic E-state index is -0.236. The number of rotatable bonds is 4. The largest absolute Gasteiger partial charge is 0.496 e. The second-order valence-corrected chi connectivity index (χ2v) is 10.2. The summed E-state index contributed by atoms with van der Waals surface area (Å²) in [6.45, 7) is 0.563. The summed E-state index contributed by atoms with van der Waals surface area (Å²) < 4.78 is 6.47. The van der Waals surface area contributed by atoms with Crippen LogP contribution in [0.1, 0.15) is 44.1 Å². The van der Waals surface area contributed by atoms with E-state index in [-0.39, 0.29) is 16.2 Å². The van der Waals surface area contributed by atoms with E-state index >= 15 is 0 Å². The normalized spacial score (nSPS) is 35.7. The molecule has 4 saturated carbocycles. The number of carbonyl (C=O) groups excluding carboxylic acids is 1. The van der Waals surface area contributed by atoms with Gasteiger partial charge in [-0.05, 0) is 68.6 Å². The van der Waals surface area contributed by atoms with E-state index in [1.807, 2.05) is 30.1 Å². The Labute approximate surface area is 163 Å². The monoisotopic (exact) mass is 425 g/mol. The van der Waals surface area contributed by atoms with Gasteiger partial charge in [-0.3, -0.25) is 4.79 Å². The van der Waals surface area contributed by atoms with E-state index < -0.39 is 0 Å². The van der Waals surface area contributed by atoms with E-state index in [1.165, 1.54) is 6.42 Å². The van der Waals surface area contributed by atoms with Crippen LogP contribution in [0.4, 0.5) is 0 Å². The molecule has 4 bridgehead atoms. The summed E-state index contributed by atoms with van der Waals surface area (Å²) in [6, 6.07) is 5.93. The van der Waals surface area contributed by atoms with Crippen molar-refractivity contribution in [3.8, 4) is 5.75 Å². The quantitative estimate of drug-likeness (QED) is 0.635. The van der Waals surface area contributed by atoms with Crippen LogP contribution >= 0.6 is 27.5 Å². The number of benzene rings is 1. The summed E-state index contributed by atoms with van der Waals surface area (Å²) in [5.41, 5.74) is 0.790. The number of carbonyl (C=O) groups is 1. The molecular weight excluding hydrogens is 402 g/mol. The molecule has 3 nitrogen and oxygen atoms in total. The number of halogens is 2. The topological polar surface area (TPSA) is 29.5 Å². The Morgan fingerprint density at radius 3 is 2.60 bits per heavy atom. The van der Waals surface area contributed by atoms with E-state index in [2.05, 4.69) is 15.9 Å². The van der Waals surface area contributed by atoms with Gasteiger partial charge < -0.3 is 9.64 Å². The highest BCUT2D eigenvalue weighted by Crippen LogP contribution is 2.64. The highest BCUT2D eigenvalue weighted by Gasteiger charge is 2.60. The summed E-state index contributed by atoms with van der Waals surface area (Å²) in [5, 5.41) is 0. The molecule has 0 N–H and O–H groups in total. The first kappa shape index (κ1) is 17.7. The zero-order valence-corrected chi connectivity index (χ0v) is 17.2. The van der Waals surface area contributed by atoms with Crippen molar-refractivity contribution in [3.63, 3.8) is 0 Å². The maximum atomic E-state index is 13.4. The van der Waals surface area contributed by atoms with Crippen LogP contribution in [-0.2, 0) is 11.3 Å². The number of methoxy groups -OCH3 is 1. The van der Waals surface area contributed by atoms with Gasteiger partial charge in [0.05, 0.1) is 12.5 Å². The number of ether oxygens (including phenoxy) is 1. The van der Waals surface area contributed by atoms with Crippen LogP contribution < -0.4 is 4.74 Å². The number of nitrogens with zero attached hydrogens (tertiary/aromatic N) is 1. The van der Waals surface area contributed by atoms with Gasteiger partial charge in [-0.25, -0.2) is 0 Å². The molecule has 4 aliphatic rings. The van der Waals surface area contributed by atoms with Crippen LogP contribution in [0.2, 0.25) is 0 Å². The molecule has 0 unspecified atom stereocenters. The molecule has 0 spiro atoms. The highest BCUT2D eigenvalue weighted by atomic mass is 79.9. The van der Waals surface area contributed by atoms with E-state index in [0.717, 1.165) is 47.9 Å². The standard InChI is InChI=1S/C20H25BrClNO2/c1-23(11-15-6-16(21)3-4-17(15)25-2)18(24)19-7-13-5-14(8-19)10-20(22,9-13)12-19/h3-4,6,13-14H,5,7-12H2,1-2H3/t13-,14-,19?,20?/m1/s1. The van der Waals surface area contributed by atoms with E-state index in [1.54, 1.807) is 7.11 Å². The van der Waals surface area contributed by atoms with Crippen LogP contribution in [0, 0.1) is 17.3 Å². The van der Waals surface area contributed by atoms with Crippen LogP contribution in [0.25, 0.3) is 0 Å². The fraction of sp³-hybridized carbons (Fsp3) is 0.650. The molecule has 0 heterocycles. The van der Waals surface area contributed by atoms with Crippen molar-refractivity contribution in [2.24, 2.45) is 17.3 Å². The number of alkyl halides is 1. The van der Waals surface area contributed by atoms with E-state index in [0.29, 0.717) is 18.4 Å². The second-order valence-electron chi connectivity index (χ2n) is 8.51. The summed E-state index contributed by atoms with van der Waals surface area (Å²) >= 11 is 10.4. The SMILES string of the molecule is COc1ccc(Br)cc1CN(C)C(=O)C12C[C@H]3C[C@@H](CC(Cl)(C3)C1)C2. The van der Waals surface area contributed by atoms with Crippen molar-refractivity contribution in [1.82, 2.24) is 4.90 Å². The lowest BCUT2D eigenvalue weighted by Crippen LogP contribution is -2.58. The maximum absolute atomic E-state index is 13.4. The molecule has 5 heteroatoms. The molecular formula is C20H25BrClNO2. The smallest absolute Gasteiger partial charge is 0.228 e. The van der Waals surface area contributed by atoms with Crippen molar-refractivity contribution >= 4 is 33.4 Å². The third-order valence-electron chi connectivity index (χ3n) is 6.44. The molecule has 1 amide bonds. The van der Waals surface area contributed by atoms with Crippen LogP contribution in [-0.4, -0.2) is 29.8 Å². The molecule has 0 aromatic heterocycles. The van der Waals surface area contributed by atoms with Gasteiger partial charge in [-0.2, -0.15) is 0 Å². The molecule has 4 fully saturated rings. The van der Waals surface area contributed by atoms with Gasteiger partial charge in [0, 0.05) is 28.5 Å². The molecule has 1 aromatic carbocycles. The maximum Gasteiger partial charge on any atom is 0.228 e. The third-order valence-corrected chi connectivity index (χ3v) is 7.38. The molecule has 0 aliphatic heterocycles. The predicted octanol–water partition coefficient (Wildman–Crippen LogP) is 4.99. The van der Waals surface area contributed by atoms with Gasteiger partial charge in [-0.1, -0.05) is 15.9 Å². The first-order chi connectivity index (χ1) is 11.8. The molecule has 25 heavy (non-hydrogen) atoms. The minimum Gasteiger partial charge on any atom is -0.496 e. The summed E-state index contributed by atoms with van der Waals surface area (Å²) in [5.74, 6) is 2.36. The number of hydrogen-bond donors (Lipinski definition) is 0. The Morgan fingerprint density at radius 1 is 1.32 bits per heavy atom. The molecule has 0 saturated heterocycles. The zero-order valence-electron chi connectivity index (χ0n) is 14.9. The summed E-state index contributed by atoms with van der Waals surface area (Å²) in [6.07, 6.45) is 6.38. The highest BCUT2D eigenvalue weighted by molar-refractivity contribution is 9.10. The van der Waals surface area contributed by atoms with Crippen molar-refractivity contribution in [2.45, 2.75) is 49.9 Å². The van der Waals surface area contributed by atoms with Gasteiger partial charge in [0.15, 0.2) is 0 Å². The lowest BCUT2D eigenvalue weighted by atomic mass is 9.49. The van der Waals surface area contributed by atoms with Crippen molar-refractivity contribution in [2.75, 3.05) is 14.2 Å². The second kappa shape index (κ2) is 6.16. The van der Waals surface area contributed by atoms with Crippen LogP contribution in [0.5, 0.6) is 5.75 Å². The molecule has 5 rings (SSSR count). The fourth-order valence-corrected chi connectivity index (χ4v) is 7.10. The Morgan fingerprint density at radius 2 is 2.00 bits per heavy atom. The lowest BCUT2D eigenvalue weighted by molar-refractivity contribution is -0.155. The zero-order chi connectivity index (χ0) is 17.8. The Bertz CT molecular complexity index is 693. The average molecular weight is 427 g/mol. The van der Waals surface area contributed by atoms with Crippen molar-refractivity contribution in [1.29, 1.82) is 0 Å². The van der Waals surface area contributed by atoms with Crippen molar-refractivity contribution in [3.05, 3.63) is 28.2 Å². The van der Waals surface area contributed by atoms with Crippen molar-refractivity contribution < 1.29 is 9.53 Å². The predicted molar refractivity (Wildman–Crippen MR) is 103 cm³/mol. The average Bonchev–Trinajstić information content (AvgIpc) is 2.52. The Kier molecular flexibility index (Phi) is 4.35. The van der Waals surface area contributed by atoms with Crippen LogP contribution in [0.15, 0.2) is 22.7 Å². The van der Waals surface area contributed by atoms with Crippen LogP contribution in [0.3, 0.4) is 0 Å². The molecule has 4 aliphatic carbocycles. The van der Waals surface area contributed by atoms with Gasteiger partial charge in [0.1, 0.15) is 5.75 Å². The molecule has 0 radical (unpaired) electrons. The Hall–Kier alpha value is -0.740. The van der Waals surface area contributed by atoms with E-state index in [4.69, 9.17) is 16.3 Å². The Balaban J connectivity index is 1.56. The number of amides is 1. The number of hydrogen-bond acceptors (Lipinski definition) is 2. The third kappa shape index (κ3) is 3.10. The fourth-order valence-electron chi connectivity index (χ4n) is 6.00.